The maximum atomic E-state index is 12.5. The molecule has 2 N–H and O–H groups in total. The van der Waals surface area contributed by atoms with E-state index in [2.05, 4.69) is 10.6 Å². The monoisotopic (exact) mass is 393 g/mol. The van der Waals surface area contributed by atoms with Gasteiger partial charge in [-0.05, 0) is 50.7 Å². The number of amides is 2. The summed E-state index contributed by atoms with van der Waals surface area (Å²) in [6, 6.07) is 11.8. The van der Waals surface area contributed by atoms with Gasteiger partial charge in [-0.25, -0.2) is 0 Å². The van der Waals surface area contributed by atoms with E-state index in [1.807, 2.05) is 13.0 Å². The highest BCUT2D eigenvalue weighted by molar-refractivity contribution is 6.33. The molecule has 0 saturated heterocycles. The van der Waals surface area contributed by atoms with Gasteiger partial charge in [0.1, 0.15) is 0 Å². The molecule has 0 heterocycles. The Kier molecular flexibility index (Phi) is 7.03. The summed E-state index contributed by atoms with van der Waals surface area (Å²) in [5.74, 6) is -0.470. The third kappa shape index (κ3) is 5.46. The molecule has 1 unspecified atom stereocenters. The minimum absolute atomic E-state index is 0.0499. The van der Waals surface area contributed by atoms with Gasteiger partial charge in [0, 0.05) is 10.7 Å². The predicted molar refractivity (Wildman–Crippen MR) is 107 cm³/mol. The number of rotatable bonds is 6. The molecule has 0 saturated carbocycles. The molecule has 2 aromatic carbocycles. The summed E-state index contributed by atoms with van der Waals surface area (Å²) in [6.07, 6.45) is 0. The number of hydrogen-bond acceptors (Lipinski definition) is 3. The first kappa shape index (κ1) is 20.2. The van der Waals surface area contributed by atoms with Crippen molar-refractivity contribution < 1.29 is 9.59 Å². The number of anilines is 2. The summed E-state index contributed by atoms with van der Waals surface area (Å²) < 4.78 is 0. The second-order valence-corrected chi connectivity index (χ2v) is 6.91. The van der Waals surface area contributed by atoms with Crippen LogP contribution in [0.5, 0.6) is 0 Å². The van der Waals surface area contributed by atoms with Gasteiger partial charge in [-0.3, -0.25) is 14.5 Å². The lowest BCUT2D eigenvalue weighted by molar-refractivity contribution is -0.122. The molecule has 2 aromatic rings. The molecule has 0 bridgehead atoms. The highest BCUT2D eigenvalue weighted by Gasteiger charge is 2.21. The fourth-order valence-electron chi connectivity index (χ4n) is 2.28. The standard InChI is InChI=1S/C19H21Cl2N3O2/c1-12-8-9-14(20)10-17(12)23-19(26)13(2)24(3)11-18(25)22-16-7-5-4-6-15(16)21/h4-10,13H,11H2,1-3H3,(H,22,25)(H,23,26). The van der Waals surface area contributed by atoms with Crippen molar-refractivity contribution in [2.75, 3.05) is 24.2 Å². The first-order valence-electron chi connectivity index (χ1n) is 8.09. The SMILES string of the molecule is Cc1ccc(Cl)cc1NC(=O)C(C)N(C)CC(=O)Nc1ccccc1Cl. The second-order valence-electron chi connectivity index (χ2n) is 6.07. The van der Waals surface area contributed by atoms with Crippen LogP contribution in [-0.4, -0.2) is 36.3 Å². The smallest absolute Gasteiger partial charge is 0.241 e. The molecule has 0 aliphatic carbocycles. The molecule has 0 radical (unpaired) electrons. The maximum Gasteiger partial charge on any atom is 0.241 e. The minimum atomic E-state index is -0.509. The number of nitrogens with one attached hydrogen (secondary N) is 2. The van der Waals surface area contributed by atoms with Crippen molar-refractivity contribution in [2.24, 2.45) is 0 Å². The fraction of sp³-hybridized carbons (Fsp3) is 0.263. The number of benzene rings is 2. The van der Waals surface area contributed by atoms with Gasteiger partial charge < -0.3 is 10.6 Å². The van der Waals surface area contributed by atoms with Crippen molar-refractivity contribution >= 4 is 46.4 Å². The van der Waals surface area contributed by atoms with Crippen LogP contribution in [0, 0.1) is 6.92 Å². The van der Waals surface area contributed by atoms with E-state index < -0.39 is 6.04 Å². The Labute approximate surface area is 163 Å². The molecule has 7 heteroatoms. The van der Waals surface area contributed by atoms with Crippen LogP contribution in [0.4, 0.5) is 11.4 Å². The van der Waals surface area contributed by atoms with E-state index in [0.717, 1.165) is 5.56 Å². The normalized spacial score (nSPS) is 11.9. The predicted octanol–water partition coefficient (Wildman–Crippen LogP) is 4.20. The van der Waals surface area contributed by atoms with Crippen LogP contribution in [-0.2, 0) is 9.59 Å². The first-order valence-corrected chi connectivity index (χ1v) is 8.85. The molecule has 0 fully saturated rings. The van der Waals surface area contributed by atoms with Crippen LogP contribution < -0.4 is 10.6 Å². The summed E-state index contributed by atoms with van der Waals surface area (Å²) in [4.78, 5) is 26.3. The highest BCUT2D eigenvalue weighted by Crippen LogP contribution is 2.21. The van der Waals surface area contributed by atoms with Crippen LogP contribution in [0.15, 0.2) is 42.5 Å². The number of likely N-dealkylation sites (N-methyl/N-ethyl adjacent to an activating group) is 1. The van der Waals surface area contributed by atoms with Crippen LogP contribution >= 0.6 is 23.2 Å². The van der Waals surface area contributed by atoms with E-state index in [1.165, 1.54) is 0 Å². The number of hydrogen-bond donors (Lipinski definition) is 2. The molecule has 0 aromatic heterocycles. The maximum absolute atomic E-state index is 12.5. The zero-order valence-electron chi connectivity index (χ0n) is 14.8. The van der Waals surface area contributed by atoms with E-state index >= 15 is 0 Å². The molecular formula is C19H21Cl2N3O2. The largest absolute Gasteiger partial charge is 0.324 e. The van der Waals surface area contributed by atoms with Crippen molar-refractivity contribution in [1.82, 2.24) is 4.90 Å². The van der Waals surface area contributed by atoms with E-state index in [4.69, 9.17) is 23.2 Å². The lowest BCUT2D eigenvalue weighted by Gasteiger charge is -2.23. The average molecular weight is 394 g/mol. The topological polar surface area (TPSA) is 61.4 Å². The van der Waals surface area contributed by atoms with Crippen LogP contribution in [0.3, 0.4) is 0 Å². The molecule has 0 aliphatic rings. The summed E-state index contributed by atoms with van der Waals surface area (Å²) >= 11 is 12.0. The molecule has 2 amide bonds. The lowest BCUT2D eigenvalue weighted by Crippen LogP contribution is -2.43. The molecule has 0 aliphatic heterocycles. The van der Waals surface area contributed by atoms with Crippen molar-refractivity contribution in [2.45, 2.75) is 19.9 Å². The van der Waals surface area contributed by atoms with Crippen molar-refractivity contribution in [3.05, 3.63) is 58.1 Å². The minimum Gasteiger partial charge on any atom is -0.324 e. The van der Waals surface area contributed by atoms with E-state index in [9.17, 15) is 9.59 Å². The number of carbonyl (C=O) groups is 2. The molecular weight excluding hydrogens is 373 g/mol. The van der Waals surface area contributed by atoms with Gasteiger partial charge in [-0.2, -0.15) is 0 Å². The van der Waals surface area contributed by atoms with Crippen molar-refractivity contribution in [1.29, 1.82) is 0 Å². The molecule has 1 atom stereocenters. The van der Waals surface area contributed by atoms with Crippen LogP contribution in [0.1, 0.15) is 12.5 Å². The van der Waals surface area contributed by atoms with Gasteiger partial charge in [0.15, 0.2) is 0 Å². The third-order valence-electron chi connectivity index (χ3n) is 4.04. The van der Waals surface area contributed by atoms with E-state index in [1.54, 1.807) is 55.3 Å². The number of aryl methyl sites for hydroxylation is 1. The van der Waals surface area contributed by atoms with Gasteiger partial charge in [-0.15, -0.1) is 0 Å². The Balaban J connectivity index is 1.94. The van der Waals surface area contributed by atoms with Crippen molar-refractivity contribution in [3.63, 3.8) is 0 Å². The van der Waals surface area contributed by atoms with E-state index in [0.29, 0.717) is 21.4 Å². The molecule has 2 rings (SSSR count). The quantitative estimate of drug-likeness (QED) is 0.772. The van der Waals surface area contributed by atoms with Gasteiger partial charge in [0.2, 0.25) is 11.8 Å². The Bertz CT molecular complexity index is 811. The van der Waals surface area contributed by atoms with Gasteiger partial charge >= 0.3 is 0 Å². The van der Waals surface area contributed by atoms with Crippen LogP contribution in [0.25, 0.3) is 0 Å². The molecule has 26 heavy (non-hydrogen) atoms. The number of carbonyl (C=O) groups excluding carboxylic acids is 2. The number of para-hydroxylation sites is 1. The molecule has 0 spiro atoms. The Hall–Kier alpha value is -2.08. The average Bonchev–Trinajstić information content (AvgIpc) is 2.59. The summed E-state index contributed by atoms with van der Waals surface area (Å²) in [5, 5.41) is 6.60. The second kappa shape index (κ2) is 9.03. The Morgan fingerprint density at radius 1 is 1.08 bits per heavy atom. The Morgan fingerprint density at radius 2 is 1.77 bits per heavy atom. The summed E-state index contributed by atoms with van der Waals surface area (Å²) in [5.41, 5.74) is 2.11. The van der Waals surface area contributed by atoms with Gasteiger partial charge in [-0.1, -0.05) is 41.4 Å². The Morgan fingerprint density at radius 3 is 2.46 bits per heavy atom. The first-order chi connectivity index (χ1) is 12.3. The van der Waals surface area contributed by atoms with Crippen LogP contribution in [0.2, 0.25) is 10.0 Å². The zero-order chi connectivity index (χ0) is 19.3. The lowest BCUT2D eigenvalue weighted by atomic mass is 10.2. The highest BCUT2D eigenvalue weighted by atomic mass is 35.5. The number of nitrogens with zero attached hydrogens (tertiary/aromatic N) is 1. The molecule has 5 nitrogen and oxygen atoms in total. The van der Waals surface area contributed by atoms with Gasteiger partial charge in [0.25, 0.3) is 0 Å². The summed E-state index contributed by atoms with van der Waals surface area (Å²) in [6.45, 7) is 3.67. The molecule has 138 valence electrons. The third-order valence-corrected chi connectivity index (χ3v) is 4.60. The number of halogens is 2. The van der Waals surface area contributed by atoms with Crippen molar-refractivity contribution in [3.8, 4) is 0 Å². The van der Waals surface area contributed by atoms with E-state index in [-0.39, 0.29) is 18.4 Å². The zero-order valence-corrected chi connectivity index (χ0v) is 16.4. The van der Waals surface area contributed by atoms with Gasteiger partial charge in [0.05, 0.1) is 23.3 Å². The summed E-state index contributed by atoms with van der Waals surface area (Å²) in [7, 11) is 1.71. The fourth-order valence-corrected chi connectivity index (χ4v) is 2.64.